The average Bonchev–Trinajstić information content (AvgIpc) is 2.55. The third-order valence-electron chi connectivity index (χ3n) is 3.50. The summed E-state index contributed by atoms with van der Waals surface area (Å²) in [5, 5.41) is 0. The zero-order valence-electron chi connectivity index (χ0n) is 10.7. The Morgan fingerprint density at radius 3 is 2.94 bits per heavy atom. The van der Waals surface area contributed by atoms with Gasteiger partial charge in [-0.15, -0.1) is 11.3 Å². The van der Waals surface area contributed by atoms with Gasteiger partial charge in [-0.05, 0) is 54.3 Å². The maximum absolute atomic E-state index is 6.40. The number of nitrogens with zero attached hydrogens (tertiary/aromatic N) is 1. The standard InChI is InChI=1S/C13H20BrClN2S/c1-2-6-17-7-4-3-5-10(16)12(17)11-8-9(14)13(15)18-11/h8,10,12H,2-7,16H2,1H3. The lowest BCUT2D eigenvalue weighted by atomic mass is 10.0. The molecule has 0 radical (unpaired) electrons. The van der Waals surface area contributed by atoms with Crippen molar-refractivity contribution in [2.75, 3.05) is 13.1 Å². The van der Waals surface area contributed by atoms with Gasteiger partial charge in [-0.25, -0.2) is 0 Å². The Bertz CT molecular complexity index is 377. The first kappa shape index (κ1) is 14.8. The molecule has 2 rings (SSSR count). The maximum Gasteiger partial charge on any atom is 0.107 e. The summed E-state index contributed by atoms with van der Waals surface area (Å²) in [6.45, 7) is 4.50. The van der Waals surface area contributed by atoms with E-state index in [1.807, 2.05) is 0 Å². The second-order valence-corrected chi connectivity index (χ2v) is 7.45. The highest BCUT2D eigenvalue weighted by molar-refractivity contribution is 9.10. The Kier molecular flexibility index (Phi) is 5.51. The maximum atomic E-state index is 6.40. The molecular weight excluding hydrogens is 332 g/mol. The first-order valence-corrected chi connectivity index (χ1v) is 8.56. The summed E-state index contributed by atoms with van der Waals surface area (Å²) in [4.78, 5) is 3.83. The molecule has 1 aromatic rings. The Morgan fingerprint density at radius 2 is 2.33 bits per heavy atom. The third-order valence-corrected chi connectivity index (χ3v) is 6.04. The molecule has 1 fully saturated rings. The highest BCUT2D eigenvalue weighted by Crippen LogP contribution is 2.39. The Balaban J connectivity index is 2.27. The molecule has 18 heavy (non-hydrogen) atoms. The molecule has 2 nitrogen and oxygen atoms in total. The van der Waals surface area contributed by atoms with Gasteiger partial charge in [0.15, 0.2) is 0 Å². The second kappa shape index (κ2) is 6.71. The molecule has 0 aromatic carbocycles. The fraction of sp³-hybridized carbons (Fsp3) is 0.692. The number of likely N-dealkylation sites (tertiary alicyclic amines) is 1. The first-order valence-electron chi connectivity index (χ1n) is 6.57. The van der Waals surface area contributed by atoms with Crippen molar-refractivity contribution < 1.29 is 0 Å². The average molecular weight is 352 g/mol. The zero-order valence-corrected chi connectivity index (χ0v) is 13.8. The lowest BCUT2D eigenvalue weighted by molar-refractivity contribution is 0.189. The van der Waals surface area contributed by atoms with E-state index in [0.717, 1.165) is 28.3 Å². The summed E-state index contributed by atoms with van der Waals surface area (Å²) in [6.07, 6.45) is 4.77. The molecule has 102 valence electrons. The Labute approximate surface area is 127 Å². The van der Waals surface area contributed by atoms with Gasteiger partial charge in [-0.3, -0.25) is 4.90 Å². The van der Waals surface area contributed by atoms with E-state index in [2.05, 4.69) is 33.8 Å². The summed E-state index contributed by atoms with van der Waals surface area (Å²) in [7, 11) is 0. The molecule has 2 heterocycles. The molecule has 1 saturated heterocycles. The van der Waals surface area contributed by atoms with Crippen LogP contribution in [-0.4, -0.2) is 24.0 Å². The molecule has 1 aromatic heterocycles. The van der Waals surface area contributed by atoms with Gasteiger partial charge in [0.05, 0.1) is 6.04 Å². The van der Waals surface area contributed by atoms with E-state index < -0.39 is 0 Å². The first-order chi connectivity index (χ1) is 8.63. The number of nitrogens with two attached hydrogens (primary N) is 1. The highest BCUT2D eigenvalue weighted by Gasteiger charge is 2.30. The lowest BCUT2D eigenvalue weighted by Crippen LogP contribution is -2.39. The molecular formula is C13H20BrClN2S. The molecule has 0 aliphatic carbocycles. The van der Waals surface area contributed by atoms with Crippen molar-refractivity contribution in [1.82, 2.24) is 4.90 Å². The van der Waals surface area contributed by atoms with Crippen molar-refractivity contribution in [2.24, 2.45) is 5.73 Å². The van der Waals surface area contributed by atoms with Crippen LogP contribution in [0.5, 0.6) is 0 Å². The third kappa shape index (κ3) is 3.28. The number of rotatable bonds is 3. The number of thiophene rings is 1. The van der Waals surface area contributed by atoms with E-state index in [0.29, 0.717) is 6.04 Å². The summed E-state index contributed by atoms with van der Waals surface area (Å²) in [6, 6.07) is 2.70. The van der Waals surface area contributed by atoms with Crippen LogP contribution in [-0.2, 0) is 0 Å². The summed E-state index contributed by atoms with van der Waals surface area (Å²) >= 11 is 11.3. The smallest absolute Gasteiger partial charge is 0.107 e. The molecule has 2 N–H and O–H groups in total. The molecule has 5 heteroatoms. The fourth-order valence-electron chi connectivity index (χ4n) is 2.70. The largest absolute Gasteiger partial charge is 0.326 e. The van der Waals surface area contributed by atoms with Crippen LogP contribution in [0.2, 0.25) is 4.34 Å². The minimum atomic E-state index is 0.223. The van der Waals surface area contributed by atoms with E-state index in [4.69, 9.17) is 17.3 Å². The number of hydrogen-bond donors (Lipinski definition) is 1. The quantitative estimate of drug-likeness (QED) is 0.873. The van der Waals surface area contributed by atoms with Gasteiger partial charge in [-0.2, -0.15) is 0 Å². The van der Waals surface area contributed by atoms with Gasteiger partial charge in [-0.1, -0.05) is 24.9 Å². The Morgan fingerprint density at radius 1 is 1.56 bits per heavy atom. The van der Waals surface area contributed by atoms with Crippen LogP contribution >= 0.6 is 38.9 Å². The Hall–Kier alpha value is 0.390. The van der Waals surface area contributed by atoms with E-state index in [-0.39, 0.29) is 6.04 Å². The highest BCUT2D eigenvalue weighted by atomic mass is 79.9. The van der Waals surface area contributed by atoms with Crippen molar-refractivity contribution >= 4 is 38.9 Å². The van der Waals surface area contributed by atoms with E-state index in [1.165, 1.54) is 24.1 Å². The van der Waals surface area contributed by atoms with Crippen molar-refractivity contribution in [3.63, 3.8) is 0 Å². The van der Waals surface area contributed by atoms with Crippen LogP contribution in [0.3, 0.4) is 0 Å². The van der Waals surface area contributed by atoms with E-state index >= 15 is 0 Å². The molecule has 0 bridgehead atoms. The number of hydrogen-bond acceptors (Lipinski definition) is 3. The van der Waals surface area contributed by atoms with Gasteiger partial charge in [0.2, 0.25) is 0 Å². The van der Waals surface area contributed by atoms with Crippen LogP contribution < -0.4 is 5.73 Å². The minimum Gasteiger partial charge on any atom is -0.326 e. The molecule has 0 saturated carbocycles. The fourth-order valence-corrected chi connectivity index (χ4v) is 4.65. The lowest BCUT2D eigenvalue weighted by Gasteiger charge is -2.32. The molecule has 1 aliphatic rings. The number of halogens is 2. The van der Waals surface area contributed by atoms with Crippen molar-refractivity contribution in [3.05, 3.63) is 19.8 Å². The van der Waals surface area contributed by atoms with Crippen molar-refractivity contribution in [2.45, 2.75) is 44.7 Å². The van der Waals surface area contributed by atoms with Crippen molar-refractivity contribution in [1.29, 1.82) is 0 Å². The van der Waals surface area contributed by atoms with E-state index in [1.54, 1.807) is 11.3 Å². The minimum absolute atomic E-state index is 0.223. The van der Waals surface area contributed by atoms with Gasteiger partial charge >= 0.3 is 0 Å². The van der Waals surface area contributed by atoms with Gasteiger partial charge in [0.1, 0.15) is 4.34 Å². The molecule has 2 unspecified atom stereocenters. The normalized spacial score (nSPS) is 26.2. The summed E-state index contributed by atoms with van der Waals surface area (Å²) in [5.41, 5.74) is 6.40. The predicted molar refractivity (Wildman–Crippen MR) is 83.5 cm³/mol. The van der Waals surface area contributed by atoms with Crippen LogP contribution in [0.15, 0.2) is 10.5 Å². The van der Waals surface area contributed by atoms with Crippen LogP contribution in [0, 0.1) is 0 Å². The van der Waals surface area contributed by atoms with Crippen LogP contribution in [0.1, 0.15) is 43.5 Å². The van der Waals surface area contributed by atoms with Crippen LogP contribution in [0.4, 0.5) is 0 Å². The molecule has 0 spiro atoms. The summed E-state index contributed by atoms with van der Waals surface area (Å²) < 4.78 is 1.83. The van der Waals surface area contributed by atoms with Gasteiger partial charge in [0, 0.05) is 15.4 Å². The monoisotopic (exact) mass is 350 g/mol. The van der Waals surface area contributed by atoms with Gasteiger partial charge in [0.25, 0.3) is 0 Å². The SMILES string of the molecule is CCCN1CCCCC(N)C1c1cc(Br)c(Cl)s1. The molecule has 0 amide bonds. The van der Waals surface area contributed by atoms with Gasteiger partial charge < -0.3 is 5.73 Å². The molecule has 2 atom stereocenters. The van der Waals surface area contributed by atoms with E-state index in [9.17, 15) is 0 Å². The second-order valence-electron chi connectivity index (χ2n) is 4.91. The molecule has 1 aliphatic heterocycles. The zero-order chi connectivity index (χ0) is 13.1. The van der Waals surface area contributed by atoms with Crippen LogP contribution in [0.25, 0.3) is 0 Å². The summed E-state index contributed by atoms with van der Waals surface area (Å²) in [5.74, 6) is 0. The topological polar surface area (TPSA) is 29.3 Å². The predicted octanol–water partition coefficient (Wildman–Crippen LogP) is 4.43. The van der Waals surface area contributed by atoms with Crippen molar-refractivity contribution in [3.8, 4) is 0 Å².